The van der Waals surface area contributed by atoms with Crippen LogP contribution in [0.4, 0.5) is 11.4 Å². The molecule has 0 saturated carbocycles. The van der Waals surface area contributed by atoms with E-state index in [2.05, 4.69) is 30.0 Å². The van der Waals surface area contributed by atoms with E-state index in [4.69, 9.17) is 0 Å². The van der Waals surface area contributed by atoms with Gasteiger partial charge in [-0.05, 0) is 61.0 Å². The van der Waals surface area contributed by atoms with Gasteiger partial charge in [-0.3, -0.25) is 0 Å². The summed E-state index contributed by atoms with van der Waals surface area (Å²) in [6.07, 6.45) is 0.298. The zero-order valence-electron chi connectivity index (χ0n) is 19.3. The van der Waals surface area contributed by atoms with E-state index in [-0.39, 0.29) is 11.1 Å². The van der Waals surface area contributed by atoms with E-state index in [1.807, 2.05) is 28.2 Å². The molecular weight excluding hydrogens is 410 g/mol. The third-order valence-corrected chi connectivity index (χ3v) is 4.47. The van der Waals surface area contributed by atoms with Gasteiger partial charge in [0.25, 0.3) is 0 Å². The maximum atomic E-state index is 11.8. The van der Waals surface area contributed by atoms with Gasteiger partial charge in [0.05, 0.1) is 11.1 Å². The Labute approximate surface area is 190 Å². The van der Waals surface area contributed by atoms with Crippen LogP contribution in [0, 0.1) is 13.8 Å². The summed E-state index contributed by atoms with van der Waals surface area (Å²) in [5.41, 5.74) is 9.22. The highest BCUT2D eigenvalue weighted by Gasteiger charge is 2.22. The van der Waals surface area contributed by atoms with Crippen molar-refractivity contribution in [2.24, 2.45) is 0 Å². The average molecular weight is 444 g/mol. The molecule has 0 spiro atoms. The van der Waals surface area contributed by atoms with Crippen LogP contribution in [-0.2, 0) is 6.42 Å². The smallest absolute Gasteiger partial charge is 0.336 e. The summed E-state index contributed by atoms with van der Waals surface area (Å²) in [6.45, 7) is 6.00. The van der Waals surface area contributed by atoms with Gasteiger partial charge in [0, 0.05) is 45.6 Å². The SMILES string of the molecule is CNC(Cc1cc(NN(C)C)ccc1C(=O)O)c1cc(NN(C)C)ccc1C(=O)O.[CH2][CH2]. The van der Waals surface area contributed by atoms with Crippen LogP contribution >= 0.6 is 0 Å². The molecule has 1 unspecified atom stereocenters. The lowest BCUT2D eigenvalue weighted by molar-refractivity contribution is 0.0683. The molecule has 0 aliphatic heterocycles. The van der Waals surface area contributed by atoms with E-state index in [0.717, 1.165) is 11.4 Å². The van der Waals surface area contributed by atoms with Crippen LogP contribution < -0.4 is 16.2 Å². The number of nitrogens with one attached hydrogen (secondary N) is 3. The first kappa shape index (κ1) is 26.9. The first-order valence-corrected chi connectivity index (χ1v) is 9.91. The van der Waals surface area contributed by atoms with Crippen molar-refractivity contribution in [2.45, 2.75) is 12.5 Å². The van der Waals surface area contributed by atoms with Crippen LogP contribution in [0.25, 0.3) is 0 Å². The number of hydrogen-bond donors (Lipinski definition) is 5. The highest BCUT2D eigenvalue weighted by molar-refractivity contribution is 5.91. The first-order valence-electron chi connectivity index (χ1n) is 9.91. The fourth-order valence-electron chi connectivity index (χ4n) is 3.26. The molecule has 2 aromatic carbocycles. The monoisotopic (exact) mass is 443 g/mol. The third kappa shape index (κ3) is 7.52. The Kier molecular flexibility index (Phi) is 10.6. The summed E-state index contributed by atoms with van der Waals surface area (Å²) in [6, 6.07) is 9.64. The van der Waals surface area contributed by atoms with Crippen LogP contribution in [0.15, 0.2) is 36.4 Å². The maximum Gasteiger partial charge on any atom is 0.336 e. The van der Waals surface area contributed by atoms with Crippen molar-refractivity contribution in [2.75, 3.05) is 46.1 Å². The Balaban J connectivity index is 0.00000249. The number of hydrazine groups is 2. The fourth-order valence-corrected chi connectivity index (χ4v) is 3.26. The summed E-state index contributed by atoms with van der Waals surface area (Å²) < 4.78 is 0. The first-order chi connectivity index (χ1) is 15.1. The molecule has 9 heteroatoms. The quantitative estimate of drug-likeness (QED) is 0.353. The molecule has 0 heterocycles. The molecule has 2 rings (SSSR count). The van der Waals surface area contributed by atoms with E-state index >= 15 is 0 Å². The second kappa shape index (κ2) is 12.7. The highest BCUT2D eigenvalue weighted by Crippen LogP contribution is 2.28. The predicted octanol–water partition coefficient (Wildman–Crippen LogP) is 3.02. The summed E-state index contributed by atoms with van der Waals surface area (Å²) in [5.74, 6) is -2.07. The molecule has 9 nitrogen and oxygen atoms in total. The number of carbonyl (C=O) groups is 2. The molecule has 2 aromatic rings. The van der Waals surface area contributed by atoms with Crippen molar-refractivity contribution in [1.29, 1.82) is 0 Å². The Bertz CT molecular complexity index is 915. The molecule has 0 amide bonds. The van der Waals surface area contributed by atoms with Gasteiger partial charge in [-0.15, -0.1) is 0 Å². The Morgan fingerprint density at radius 3 is 1.78 bits per heavy atom. The minimum Gasteiger partial charge on any atom is -0.478 e. The molecular formula is C23H33N5O4. The number of rotatable bonds is 10. The van der Waals surface area contributed by atoms with Gasteiger partial charge in [0.1, 0.15) is 0 Å². The molecule has 0 aliphatic rings. The second-order valence-electron chi connectivity index (χ2n) is 7.34. The average Bonchev–Trinajstić information content (AvgIpc) is 2.72. The maximum absolute atomic E-state index is 11.8. The summed E-state index contributed by atoms with van der Waals surface area (Å²) >= 11 is 0. The number of benzene rings is 2. The van der Waals surface area contributed by atoms with Crippen LogP contribution in [0.1, 0.15) is 37.9 Å². The standard InChI is InChI=1S/C21H29N5O4.C2H4/c1-22-19(18-12-15(24-26(4)5)7-9-17(18)21(29)30)11-13-10-14(23-25(2)3)6-8-16(13)20(27)28;1-2/h6-10,12,19,22-24H,11H2,1-5H3,(H,27,28)(H,29,30);1-2H2. The lowest BCUT2D eigenvalue weighted by Crippen LogP contribution is -2.24. The molecule has 0 bridgehead atoms. The van der Waals surface area contributed by atoms with Gasteiger partial charge in [-0.2, -0.15) is 0 Å². The number of aromatic carboxylic acids is 2. The molecule has 174 valence electrons. The van der Waals surface area contributed by atoms with Gasteiger partial charge in [0.2, 0.25) is 0 Å². The van der Waals surface area contributed by atoms with Crippen LogP contribution in [0.3, 0.4) is 0 Å². The number of hydrogen-bond acceptors (Lipinski definition) is 7. The van der Waals surface area contributed by atoms with E-state index in [1.54, 1.807) is 53.5 Å². The van der Waals surface area contributed by atoms with Crippen molar-refractivity contribution < 1.29 is 19.8 Å². The van der Waals surface area contributed by atoms with Gasteiger partial charge in [0.15, 0.2) is 0 Å². The Morgan fingerprint density at radius 2 is 1.34 bits per heavy atom. The van der Waals surface area contributed by atoms with Gasteiger partial charge in [-0.1, -0.05) is 13.8 Å². The summed E-state index contributed by atoms with van der Waals surface area (Å²) in [5, 5.41) is 25.9. The normalized spacial score (nSPS) is 11.5. The van der Waals surface area contributed by atoms with Gasteiger partial charge in [-0.25, -0.2) is 19.6 Å². The lowest BCUT2D eigenvalue weighted by atomic mass is 9.92. The third-order valence-electron chi connectivity index (χ3n) is 4.47. The summed E-state index contributed by atoms with van der Waals surface area (Å²) in [4.78, 5) is 23.6. The van der Waals surface area contributed by atoms with Crippen LogP contribution in [0.2, 0.25) is 0 Å². The van der Waals surface area contributed by atoms with E-state index < -0.39 is 18.0 Å². The number of carboxylic acids is 2. The summed E-state index contributed by atoms with van der Waals surface area (Å²) in [7, 11) is 9.07. The largest absolute Gasteiger partial charge is 0.478 e. The molecule has 0 saturated heterocycles. The van der Waals surface area contributed by atoms with E-state index in [0.29, 0.717) is 17.5 Å². The molecule has 0 aromatic heterocycles. The van der Waals surface area contributed by atoms with Crippen LogP contribution in [-0.4, -0.2) is 67.4 Å². The zero-order chi connectivity index (χ0) is 24.4. The molecule has 32 heavy (non-hydrogen) atoms. The van der Waals surface area contributed by atoms with Crippen molar-refractivity contribution in [3.05, 3.63) is 72.5 Å². The second-order valence-corrected chi connectivity index (χ2v) is 7.34. The topological polar surface area (TPSA) is 117 Å². The number of carboxylic acid groups (broad SMARTS) is 2. The molecule has 2 radical (unpaired) electrons. The number of anilines is 2. The van der Waals surface area contributed by atoms with Crippen molar-refractivity contribution in [3.63, 3.8) is 0 Å². The zero-order valence-corrected chi connectivity index (χ0v) is 19.3. The van der Waals surface area contributed by atoms with Gasteiger partial charge >= 0.3 is 11.9 Å². The molecule has 0 fully saturated rings. The highest BCUT2D eigenvalue weighted by atomic mass is 16.4. The van der Waals surface area contributed by atoms with Crippen LogP contribution in [0.5, 0.6) is 0 Å². The van der Waals surface area contributed by atoms with Crippen molar-refractivity contribution >= 4 is 23.3 Å². The Hall–Kier alpha value is -3.14. The van der Waals surface area contributed by atoms with Crippen molar-refractivity contribution in [3.8, 4) is 0 Å². The number of nitrogens with zero attached hydrogens (tertiary/aromatic N) is 2. The predicted molar refractivity (Wildman–Crippen MR) is 128 cm³/mol. The number of likely N-dealkylation sites (N-methyl/N-ethyl adjacent to an activating group) is 1. The minimum absolute atomic E-state index is 0.165. The lowest BCUT2D eigenvalue weighted by Gasteiger charge is -2.23. The molecule has 0 aliphatic carbocycles. The van der Waals surface area contributed by atoms with Gasteiger partial charge < -0.3 is 26.4 Å². The minimum atomic E-state index is -1.04. The van der Waals surface area contributed by atoms with Crippen molar-refractivity contribution in [1.82, 2.24) is 15.3 Å². The van der Waals surface area contributed by atoms with E-state index in [9.17, 15) is 19.8 Å². The Morgan fingerprint density at radius 1 is 0.875 bits per heavy atom. The fraction of sp³-hybridized carbons (Fsp3) is 0.304. The van der Waals surface area contributed by atoms with E-state index in [1.165, 1.54) is 0 Å². The molecule has 5 N–H and O–H groups in total. The molecule has 1 atom stereocenters.